The highest BCUT2D eigenvalue weighted by atomic mass is 16.7. The zero-order chi connectivity index (χ0) is 59.6. The van der Waals surface area contributed by atoms with Crippen molar-refractivity contribution in [2.24, 2.45) is 0 Å². The Bertz CT molecular complexity index is 1610. The highest BCUT2D eigenvalue weighted by Gasteiger charge is 2.47. The van der Waals surface area contributed by atoms with Crippen LogP contribution < -0.4 is 5.32 Å². The number of aliphatic hydroxyl groups excluding tert-OH is 5. The number of nitrogens with one attached hydrogen (secondary N) is 1. The van der Waals surface area contributed by atoms with Crippen LogP contribution in [0.5, 0.6) is 0 Å². The van der Waals surface area contributed by atoms with Crippen LogP contribution in [0.25, 0.3) is 0 Å². The molecule has 8 atom stereocenters. The Balaban J connectivity index is 2.60. The minimum atomic E-state index is -1.62. The lowest BCUT2D eigenvalue weighted by Gasteiger charge is -2.41. The molecule has 1 heterocycles. The third-order valence-electron chi connectivity index (χ3n) is 15.8. The summed E-state index contributed by atoms with van der Waals surface area (Å²) in [6.45, 7) is 5.77. The summed E-state index contributed by atoms with van der Waals surface area (Å²) in [5.74, 6) is -1.20. The summed E-state index contributed by atoms with van der Waals surface area (Å²) < 4.78 is 17.7. The molecule has 1 fully saturated rings. The molecule has 1 amide bonds. The molecule has 0 spiro atoms. The van der Waals surface area contributed by atoms with Crippen LogP contribution in [-0.2, 0) is 23.8 Å². The van der Waals surface area contributed by atoms with Gasteiger partial charge in [-0.2, -0.15) is 0 Å². The van der Waals surface area contributed by atoms with E-state index in [1.54, 1.807) is 6.08 Å². The summed E-state index contributed by atoms with van der Waals surface area (Å²) in [6.07, 6.45) is 65.0. The second-order valence-corrected chi connectivity index (χ2v) is 23.6. The van der Waals surface area contributed by atoms with Crippen LogP contribution in [0.2, 0.25) is 0 Å². The molecule has 0 aromatic heterocycles. The topological polar surface area (TPSA) is 175 Å². The summed E-state index contributed by atoms with van der Waals surface area (Å²) in [5, 5.41) is 57.1. The number of esters is 1. The Morgan fingerprint density at radius 1 is 0.476 bits per heavy atom. The third kappa shape index (κ3) is 45.5. The minimum absolute atomic E-state index is 0.114. The monoisotopic (exact) mass is 1150 g/mol. The standard InChI is InChI=1S/C71H127NO10/c1-4-7-10-13-16-19-22-25-27-29-30-31-32-33-34-35-36-37-39-41-44-47-50-53-56-59-66(76)82-69-68(78)67(77)65(60-73)81-71(69)80-61-62(63(74)57-54-51-48-45-42-24-21-18-15-12-9-6-3)72-70(79)64(75)58-55-52-49-46-43-40-38-28-26-23-20-17-14-11-8-5-2/h16,19,25-28,30-31,33-34,54,57,62-65,67-69,71,73-75,77-78H,4-15,17-18,20-24,29,32,35-53,55-56,58-61H2,1-3H3,(H,72,79)/b19-16-,27-25-,28-26+,31-30-,34-33-,57-54+. The number of aliphatic hydroxyl groups is 5. The Hall–Kier alpha value is -2.90. The van der Waals surface area contributed by atoms with Crippen molar-refractivity contribution in [2.75, 3.05) is 13.2 Å². The average molecular weight is 1150 g/mol. The van der Waals surface area contributed by atoms with Crippen LogP contribution in [0.1, 0.15) is 303 Å². The third-order valence-corrected chi connectivity index (χ3v) is 15.8. The van der Waals surface area contributed by atoms with Gasteiger partial charge in [0.15, 0.2) is 12.4 Å². The van der Waals surface area contributed by atoms with Gasteiger partial charge in [-0.25, -0.2) is 0 Å². The first kappa shape index (κ1) is 77.1. The molecule has 11 nitrogen and oxygen atoms in total. The molecule has 0 aromatic rings. The molecule has 11 heteroatoms. The Kier molecular flexibility index (Phi) is 55.0. The summed E-state index contributed by atoms with van der Waals surface area (Å²) in [5.41, 5.74) is 0. The number of rotatable bonds is 58. The lowest BCUT2D eigenvalue weighted by atomic mass is 9.99. The Morgan fingerprint density at radius 3 is 1.29 bits per heavy atom. The molecular weight excluding hydrogens is 1030 g/mol. The molecule has 0 aromatic carbocycles. The van der Waals surface area contributed by atoms with Gasteiger partial charge in [-0.3, -0.25) is 9.59 Å². The van der Waals surface area contributed by atoms with Gasteiger partial charge in [0.05, 0.1) is 25.4 Å². The predicted molar refractivity (Wildman–Crippen MR) is 343 cm³/mol. The lowest BCUT2D eigenvalue weighted by molar-refractivity contribution is -0.305. The first-order chi connectivity index (χ1) is 40.2. The molecule has 0 radical (unpaired) electrons. The normalized spacial score (nSPS) is 19.0. The summed E-state index contributed by atoms with van der Waals surface area (Å²) >= 11 is 0. The quantitative estimate of drug-likeness (QED) is 0.0195. The number of hydrogen-bond acceptors (Lipinski definition) is 10. The van der Waals surface area contributed by atoms with Gasteiger partial charge >= 0.3 is 5.97 Å². The maximum atomic E-state index is 13.4. The number of unbranched alkanes of at least 4 members (excludes halogenated alkanes) is 34. The molecule has 0 bridgehead atoms. The van der Waals surface area contributed by atoms with E-state index in [4.69, 9.17) is 14.2 Å². The van der Waals surface area contributed by atoms with E-state index in [0.29, 0.717) is 12.8 Å². The van der Waals surface area contributed by atoms with Crippen molar-refractivity contribution in [3.05, 3.63) is 72.9 Å². The molecule has 0 saturated carbocycles. The fraction of sp³-hybridized carbons (Fsp3) is 0.803. The molecule has 6 N–H and O–H groups in total. The zero-order valence-electron chi connectivity index (χ0n) is 52.9. The predicted octanol–water partition coefficient (Wildman–Crippen LogP) is 17.1. The fourth-order valence-electron chi connectivity index (χ4n) is 10.4. The van der Waals surface area contributed by atoms with Crippen molar-refractivity contribution in [3.8, 4) is 0 Å². The number of hydrogen-bond donors (Lipinski definition) is 6. The van der Waals surface area contributed by atoms with Crippen molar-refractivity contribution < 1.29 is 49.3 Å². The summed E-state index contributed by atoms with van der Waals surface area (Å²) in [7, 11) is 0. The smallest absolute Gasteiger partial charge is 0.306 e. The van der Waals surface area contributed by atoms with E-state index in [0.717, 1.165) is 103 Å². The highest BCUT2D eigenvalue weighted by Crippen LogP contribution is 2.26. The first-order valence-electron chi connectivity index (χ1n) is 34.2. The molecule has 82 heavy (non-hydrogen) atoms. The van der Waals surface area contributed by atoms with E-state index in [-0.39, 0.29) is 19.4 Å². The number of amides is 1. The van der Waals surface area contributed by atoms with Gasteiger partial charge in [-0.15, -0.1) is 0 Å². The van der Waals surface area contributed by atoms with Gasteiger partial charge in [0, 0.05) is 6.42 Å². The van der Waals surface area contributed by atoms with Gasteiger partial charge in [-0.05, 0) is 96.3 Å². The van der Waals surface area contributed by atoms with Crippen LogP contribution >= 0.6 is 0 Å². The largest absolute Gasteiger partial charge is 0.454 e. The molecule has 476 valence electrons. The molecule has 1 aliphatic rings. The van der Waals surface area contributed by atoms with E-state index in [1.165, 1.54) is 154 Å². The number of carbonyl (C=O) groups is 2. The SMILES string of the molecule is CCCCC/C=C\C/C=C\C/C=C\C/C=C\CCCCCCCCCCCC(=O)OC1C(OCC(NC(=O)C(O)CCCCCCCC/C=C/CCCCCCCC)C(O)/C=C/CCCCCCCCCCCC)OC(CO)C(O)C1O. The summed E-state index contributed by atoms with van der Waals surface area (Å²) in [6, 6.07) is -1.03. The Labute approximate surface area is 502 Å². The van der Waals surface area contributed by atoms with Crippen molar-refractivity contribution in [3.63, 3.8) is 0 Å². The number of carbonyl (C=O) groups excluding carboxylic acids is 2. The van der Waals surface area contributed by atoms with Crippen molar-refractivity contribution >= 4 is 11.9 Å². The van der Waals surface area contributed by atoms with Crippen LogP contribution in [-0.4, -0.2) is 99.6 Å². The Morgan fingerprint density at radius 2 is 0.841 bits per heavy atom. The maximum absolute atomic E-state index is 13.4. The maximum Gasteiger partial charge on any atom is 0.306 e. The molecule has 8 unspecified atom stereocenters. The van der Waals surface area contributed by atoms with Crippen LogP contribution in [0.3, 0.4) is 0 Å². The molecular formula is C71H127NO10. The van der Waals surface area contributed by atoms with Gasteiger partial charge in [-0.1, -0.05) is 273 Å². The van der Waals surface area contributed by atoms with Gasteiger partial charge in [0.1, 0.15) is 24.4 Å². The second-order valence-electron chi connectivity index (χ2n) is 23.6. The molecule has 1 rings (SSSR count). The minimum Gasteiger partial charge on any atom is -0.454 e. The van der Waals surface area contributed by atoms with E-state index < -0.39 is 67.4 Å². The van der Waals surface area contributed by atoms with E-state index in [9.17, 15) is 35.1 Å². The lowest BCUT2D eigenvalue weighted by Crippen LogP contribution is -2.61. The van der Waals surface area contributed by atoms with Gasteiger partial charge < -0.3 is 45.1 Å². The molecule has 0 aliphatic carbocycles. The molecule has 1 saturated heterocycles. The fourth-order valence-corrected chi connectivity index (χ4v) is 10.4. The van der Waals surface area contributed by atoms with E-state index in [1.807, 2.05) is 6.08 Å². The average Bonchev–Trinajstić information content (AvgIpc) is 3.56. The molecule has 1 aliphatic heterocycles. The van der Waals surface area contributed by atoms with E-state index in [2.05, 4.69) is 86.8 Å². The number of allylic oxidation sites excluding steroid dienone is 11. The number of ether oxygens (including phenoxy) is 3. The van der Waals surface area contributed by atoms with Gasteiger partial charge in [0.25, 0.3) is 0 Å². The second kappa shape index (κ2) is 58.5. The van der Waals surface area contributed by atoms with Crippen molar-refractivity contribution in [1.29, 1.82) is 0 Å². The van der Waals surface area contributed by atoms with Crippen molar-refractivity contribution in [2.45, 2.75) is 352 Å². The van der Waals surface area contributed by atoms with Gasteiger partial charge in [0.2, 0.25) is 5.91 Å². The van der Waals surface area contributed by atoms with Crippen LogP contribution in [0, 0.1) is 0 Å². The van der Waals surface area contributed by atoms with Crippen LogP contribution in [0.4, 0.5) is 0 Å². The highest BCUT2D eigenvalue weighted by molar-refractivity contribution is 5.80. The first-order valence-corrected chi connectivity index (χ1v) is 34.2. The zero-order valence-corrected chi connectivity index (χ0v) is 52.9. The summed E-state index contributed by atoms with van der Waals surface area (Å²) in [4.78, 5) is 26.6. The van der Waals surface area contributed by atoms with Crippen LogP contribution in [0.15, 0.2) is 72.9 Å². The van der Waals surface area contributed by atoms with E-state index >= 15 is 0 Å². The van der Waals surface area contributed by atoms with Crippen molar-refractivity contribution in [1.82, 2.24) is 5.32 Å².